The highest BCUT2D eigenvalue weighted by Gasteiger charge is 2.78. The van der Waals surface area contributed by atoms with Crippen molar-refractivity contribution in [1.82, 2.24) is 10.2 Å². The maximum atomic E-state index is 12.7. The number of nitrogens with one attached hydrogen (secondary N) is 1. The van der Waals surface area contributed by atoms with E-state index in [0.717, 1.165) is 32.4 Å². The fourth-order valence-electron chi connectivity index (χ4n) is 7.03. The van der Waals surface area contributed by atoms with Gasteiger partial charge in [-0.15, -0.1) is 0 Å². The van der Waals surface area contributed by atoms with Crippen LogP contribution in [0.3, 0.4) is 0 Å². The van der Waals surface area contributed by atoms with Gasteiger partial charge in [-0.05, 0) is 38.1 Å². The lowest BCUT2D eigenvalue weighted by Crippen LogP contribution is -2.74. The molecule has 5 aliphatic rings. The number of rotatable bonds is 0. The number of ketones is 1. The van der Waals surface area contributed by atoms with E-state index >= 15 is 0 Å². The highest BCUT2D eigenvalue weighted by Crippen LogP contribution is 2.69. The Morgan fingerprint density at radius 1 is 1.40 bits per heavy atom. The number of carbonyl (C=O) groups is 1. The molecular weight excluding hydrogens is 252 g/mol. The minimum Gasteiger partial charge on any atom is -0.393 e. The lowest BCUT2D eigenvalue weighted by molar-refractivity contribution is -0.180. The quantitative estimate of drug-likeness (QED) is 0.685. The molecule has 4 nitrogen and oxygen atoms in total. The number of hydrogen-bond donors (Lipinski definition) is 2. The van der Waals surface area contributed by atoms with Crippen LogP contribution in [0.25, 0.3) is 0 Å². The van der Waals surface area contributed by atoms with Crippen LogP contribution in [0.5, 0.6) is 0 Å². The SMILES string of the molecule is C[C@@H]1C[C@@]23N[C@H]4CCN2CCC[C@@]32[C@H](CC(=O)[C@@H]42)[C@H]1O. The maximum absolute atomic E-state index is 12.7. The average Bonchev–Trinajstić information content (AvgIpc) is 2.87. The van der Waals surface area contributed by atoms with E-state index in [1.807, 2.05) is 0 Å². The van der Waals surface area contributed by atoms with Gasteiger partial charge in [0, 0.05) is 36.3 Å². The predicted molar refractivity (Wildman–Crippen MR) is 73.9 cm³/mol. The molecule has 2 spiro atoms. The lowest BCUT2D eigenvalue weighted by Gasteiger charge is -2.63. The van der Waals surface area contributed by atoms with Gasteiger partial charge in [0.1, 0.15) is 5.78 Å². The number of aliphatic hydroxyl groups excluding tert-OH is 1. The van der Waals surface area contributed by atoms with Gasteiger partial charge in [0.25, 0.3) is 0 Å². The Hall–Kier alpha value is -0.450. The van der Waals surface area contributed by atoms with E-state index in [4.69, 9.17) is 0 Å². The van der Waals surface area contributed by atoms with Gasteiger partial charge in [-0.2, -0.15) is 0 Å². The van der Waals surface area contributed by atoms with Crippen molar-refractivity contribution < 1.29 is 9.90 Å². The van der Waals surface area contributed by atoms with Crippen molar-refractivity contribution in [1.29, 1.82) is 0 Å². The van der Waals surface area contributed by atoms with Crippen LogP contribution in [0.2, 0.25) is 0 Å². The van der Waals surface area contributed by atoms with Gasteiger partial charge < -0.3 is 5.11 Å². The smallest absolute Gasteiger partial charge is 0.138 e. The van der Waals surface area contributed by atoms with Gasteiger partial charge >= 0.3 is 0 Å². The van der Waals surface area contributed by atoms with Crippen LogP contribution in [0, 0.1) is 23.2 Å². The molecule has 0 radical (unpaired) electrons. The molecule has 5 fully saturated rings. The summed E-state index contributed by atoms with van der Waals surface area (Å²) in [5.74, 6) is 1.11. The first-order valence-corrected chi connectivity index (χ1v) is 8.34. The molecule has 20 heavy (non-hydrogen) atoms. The van der Waals surface area contributed by atoms with Gasteiger partial charge in [-0.1, -0.05) is 6.92 Å². The summed E-state index contributed by atoms with van der Waals surface area (Å²) < 4.78 is 0. The van der Waals surface area contributed by atoms with Crippen molar-refractivity contribution in [3.05, 3.63) is 0 Å². The van der Waals surface area contributed by atoms with Crippen molar-refractivity contribution in [3.8, 4) is 0 Å². The van der Waals surface area contributed by atoms with Crippen LogP contribution in [0.1, 0.15) is 39.0 Å². The molecule has 0 amide bonds. The maximum Gasteiger partial charge on any atom is 0.138 e. The molecule has 0 aromatic carbocycles. The number of carbonyl (C=O) groups excluding carboxylic acids is 1. The van der Waals surface area contributed by atoms with Crippen LogP contribution < -0.4 is 5.32 Å². The second-order valence-corrected chi connectivity index (χ2v) is 7.96. The molecule has 3 heterocycles. The largest absolute Gasteiger partial charge is 0.393 e. The number of Topliss-reactive ketones (excluding diaryl/α,β-unsaturated/α-hetero) is 1. The van der Waals surface area contributed by atoms with E-state index < -0.39 is 0 Å². The van der Waals surface area contributed by atoms with E-state index in [0.29, 0.717) is 24.2 Å². The summed E-state index contributed by atoms with van der Waals surface area (Å²) in [5, 5.41) is 14.7. The molecule has 2 N–H and O–H groups in total. The highest BCUT2D eigenvalue weighted by molar-refractivity contribution is 5.87. The van der Waals surface area contributed by atoms with Gasteiger partial charge in [0.2, 0.25) is 0 Å². The van der Waals surface area contributed by atoms with Gasteiger partial charge in [0.15, 0.2) is 0 Å². The molecule has 0 unspecified atom stereocenters. The van der Waals surface area contributed by atoms with Gasteiger partial charge in [-0.25, -0.2) is 0 Å². The topological polar surface area (TPSA) is 52.6 Å². The van der Waals surface area contributed by atoms with Crippen LogP contribution in [0.15, 0.2) is 0 Å². The Kier molecular flexibility index (Phi) is 2.11. The molecule has 0 aromatic rings. The van der Waals surface area contributed by atoms with Gasteiger partial charge in [-0.3, -0.25) is 15.0 Å². The zero-order valence-corrected chi connectivity index (χ0v) is 12.1. The Bertz CT molecular complexity index is 495. The molecule has 5 rings (SSSR count). The fourth-order valence-corrected chi connectivity index (χ4v) is 7.03. The summed E-state index contributed by atoms with van der Waals surface area (Å²) in [7, 11) is 0. The van der Waals surface area contributed by atoms with Crippen molar-refractivity contribution in [3.63, 3.8) is 0 Å². The summed E-state index contributed by atoms with van der Waals surface area (Å²) in [4.78, 5) is 15.4. The molecule has 4 heteroatoms. The number of aliphatic hydroxyl groups is 1. The summed E-state index contributed by atoms with van der Waals surface area (Å²) in [6.45, 7) is 4.47. The molecular formula is C16H24N2O2. The van der Waals surface area contributed by atoms with Gasteiger partial charge in [0.05, 0.1) is 11.8 Å². The fraction of sp³-hybridized carbons (Fsp3) is 0.938. The summed E-state index contributed by atoms with van der Waals surface area (Å²) in [6, 6.07) is 0.374. The number of hydrogen-bond acceptors (Lipinski definition) is 4. The third-order valence-electron chi connectivity index (χ3n) is 7.46. The predicted octanol–water partition coefficient (Wildman–Crippen LogP) is 0.746. The lowest BCUT2D eigenvalue weighted by atomic mass is 9.53. The minimum atomic E-state index is -0.282. The third-order valence-corrected chi connectivity index (χ3v) is 7.46. The van der Waals surface area contributed by atoms with E-state index in [1.54, 1.807) is 0 Å². The van der Waals surface area contributed by atoms with Crippen molar-refractivity contribution in [2.45, 2.75) is 56.8 Å². The standard InChI is InChI=1S/C16H24N2O2/c1-9-8-16-15-4-2-5-18(16)6-3-11(17-16)13(15)12(19)7-10(15)14(9)20/h9-11,13-14,17,20H,2-8H2,1H3/t9-,10-,11+,13-,14+,15+,16-/m1/s1. The molecule has 3 saturated heterocycles. The van der Waals surface area contributed by atoms with E-state index in [1.165, 1.54) is 6.42 Å². The normalized spacial score (nSPS) is 60.7. The number of piperidine rings is 1. The molecule has 2 aliphatic carbocycles. The Labute approximate surface area is 119 Å². The Morgan fingerprint density at radius 3 is 3.10 bits per heavy atom. The molecule has 2 bridgehead atoms. The van der Waals surface area contributed by atoms with Crippen molar-refractivity contribution in [2.24, 2.45) is 23.2 Å². The van der Waals surface area contributed by atoms with Crippen LogP contribution in [-0.2, 0) is 4.79 Å². The molecule has 110 valence electrons. The van der Waals surface area contributed by atoms with Crippen molar-refractivity contribution >= 4 is 5.78 Å². The first-order chi connectivity index (χ1) is 9.60. The third kappa shape index (κ3) is 1.02. The molecule has 2 saturated carbocycles. The summed E-state index contributed by atoms with van der Waals surface area (Å²) >= 11 is 0. The van der Waals surface area contributed by atoms with Crippen LogP contribution in [0.4, 0.5) is 0 Å². The van der Waals surface area contributed by atoms with E-state index in [9.17, 15) is 9.90 Å². The second kappa shape index (κ2) is 3.47. The first-order valence-electron chi connectivity index (χ1n) is 8.34. The number of nitrogens with zero attached hydrogens (tertiary/aromatic N) is 1. The zero-order valence-electron chi connectivity index (χ0n) is 12.1. The highest BCUT2D eigenvalue weighted by atomic mass is 16.3. The minimum absolute atomic E-state index is 0.0221. The monoisotopic (exact) mass is 276 g/mol. The molecule has 0 aromatic heterocycles. The molecule has 7 atom stereocenters. The Balaban J connectivity index is 1.77. The average molecular weight is 276 g/mol. The summed E-state index contributed by atoms with van der Waals surface area (Å²) in [5.41, 5.74) is 0.0593. The van der Waals surface area contributed by atoms with E-state index in [2.05, 4.69) is 17.1 Å². The van der Waals surface area contributed by atoms with Crippen molar-refractivity contribution in [2.75, 3.05) is 13.1 Å². The zero-order chi connectivity index (χ0) is 13.7. The molecule has 3 aliphatic heterocycles. The Morgan fingerprint density at radius 2 is 2.25 bits per heavy atom. The second-order valence-electron chi connectivity index (χ2n) is 7.96. The first kappa shape index (κ1) is 12.1. The van der Waals surface area contributed by atoms with Crippen LogP contribution in [-0.4, -0.2) is 46.7 Å². The van der Waals surface area contributed by atoms with Crippen LogP contribution >= 0.6 is 0 Å². The summed E-state index contributed by atoms with van der Waals surface area (Å²) in [6.07, 6.45) is 4.80. The number of fused-ring (bicyclic) bond motifs is 2. The van der Waals surface area contributed by atoms with E-state index in [-0.39, 0.29) is 29.0 Å².